The number of likely N-dealkylation sites (tertiary alicyclic amines) is 1. The molecule has 14 heteroatoms. The molecule has 1 fully saturated rings. The van der Waals surface area contributed by atoms with Crippen molar-refractivity contribution in [2.24, 2.45) is 16.5 Å². The van der Waals surface area contributed by atoms with Crippen molar-refractivity contribution in [3.8, 4) is 0 Å². The highest BCUT2D eigenvalue weighted by Crippen LogP contribution is 2.21. The molecular formula is C22H30ClF3N6O4. The number of aldehydes is 1. The van der Waals surface area contributed by atoms with Crippen LogP contribution in [0.15, 0.2) is 35.3 Å². The van der Waals surface area contributed by atoms with Gasteiger partial charge < -0.3 is 31.8 Å². The topological polar surface area (TPSA) is 160 Å². The summed E-state index contributed by atoms with van der Waals surface area (Å²) < 4.78 is 38.7. The van der Waals surface area contributed by atoms with E-state index in [4.69, 9.17) is 11.5 Å². The van der Waals surface area contributed by atoms with Crippen LogP contribution < -0.4 is 22.1 Å². The first-order valence-corrected chi connectivity index (χ1v) is 11.1. The summed E-state index contributed by atoms with van der Waals surface area (Å²) in [7, 11) is 0. The molecule has 1 heterocycles. The van der Waals surface area contributed by atoms with Gasteiger partial charge in [-0.15, -0.1) is 12.4 Å². The maximum Gasteiger partial charge on any atom is 0.471 e. The Morgan fingerprint density at radius 1 is 1.17 bits per heavy atom. The lowest BCUT2D eigenvalue weighted by Gasteiger charge is -2.29. The van der Waals surface area contributed by atoms with Crippen LogP contribution in [-0.4, -0.2) is 72.3 Å². The standard InChI is InChI=1S/C22H29F3N6O4.ClH/c23-22(24,25)20(35)30-16(12-14-6-2-1-3-7-14)19(34)31-11-5-9-17(31)18(33)29-15(13-32)8-4-10-28-21(26)27;/h1-3,6-7,13,15-17H,4-5,8-12H2,(H,29,33)(H,30,35)(H4,26,27,28);1H/t15-,16+,17-;/m0./s1. The van der Waals surface area contributed by atoms with Gasteiger partial charge in [0.2, 0.25) is 11.8 Å². The number of nitrogens with zero attached hydrogens (tertiary/aromatic N) is 2. The summed E-state index contributed by atoms with van der Waals surface area (Å²) in [6.07, 6.45) is -3.44. The zero-order chi connectivity index (χ0) is 26.0. The van der Waals surface area contributed by atoms with E-state index in [0.29, 0.717) is 24.7 Å². The average Bonchev–Trinajstić information content (AvgIpc) is 3.30. The third kappa shape index (κ3) is 9.36. The fourth-order valence-electron chi connectivity index (χ4n) is 3.77. The molecule has 0 aromatic heterocycles. The third-order valence-electron chi connectivity index (χ3n) is 5.44. The van der Waals surface area contributed by atoms with E-state index in [9.17, 15) is 32.3 Å². The number of benzene rings is 1. The molecule has 2 rings (SSSR count). The summed E-state index contributed by atoms with van der Waals surface area (Å²) in [6, 6.07) is 4.89. The van der Waals surface area contributed by atoms with Gasteiger partial charge >= 0.3 is 12.1 Å². The van der Waals surface area contributed by atoms with Crippen molar-refractivity contribution in [3.63, 3.8) is 0 Å². The van der Waals surface area contributed by atoms with E-state index in [1.54, 1.807) is 35.6 Å². The minimum atomic E-state index is -5.17. The summed E-state index contributed by atoms with van der Waals surface area (Å²) in [5, 5.41) is 4.32. The van der Waals surface area contributed by atoms with E-state index < -0.39 is 42.0 Å². The molecule has 0 aliphatic carbocycles. The SMILES string of the molecule is Cl.NC(N)=NCCC[C@@H](C=O)NC(=O)[C@@H]1CCCN1C(=O)[C@@H](Cc1ccccc1)NC(=O)C(F)(F)F. The number of guanidine groups is 1. The van der Waals surface area contributed by atoms with Crippen molar-refractivity contribution in [3.05, 3.63) is 35.9 Å². The number of carbonyl (C=O) groups is 4. The van der Waals surface area contributed by atoms with E-state index in [2.05, 4.69) is 10.3 Å². The molecule has 0 radical (unpaired) electrons. The average molecular weight is 535 g/mol. The van der Waals surface area contributed by atoms with Gasteiger partial charge in [0.1, 0.15) is 18.4 Å². The van der Waals surface area contributed by atoms with Crippen molar-refractivity contribution >= 4 is 42.4 Å². The van der Waals surface area contributed by atoms with Gasteiger partial charge in [0, 0.05) is 19.5 Å². The van der Waals surface area contributed by atoms with Crippen LogP contribution in [-0.2, 0) is 25.6 Å². The molecular weight excluding hydrogens is 505 g/mol. The van der Waals surface area contributed by atoms with Crippen LogP contribution >= 0.6 is 12.4 Å². The van der Waals surface area contributed by atoms with Crippen molar-refractivity contribution in [2.75, 3.05) is 13.1 Å². The lowest BCUT2D eigenvalue weighted by molar-refractivity contribution is -0.175. The Labute approximate surface area is 212 Å². The first-order valence-electron chi connectivity index (χ1n) is 11.1. The lowest BCUT2D eigenvalue weighted by atomic mass is 10.0. The predicted octanol–water partition coefficient (Wildman–Crippen LogP) is 0.426. The number of hydrogen-bond acceptors (Lipinski definition) is 5. The molecule has 1 aliphatic rings. The van der Waals surface area contributed by atoms with Crippen molar-refractivity contribution in [1.82, 2.24) is 15.5 Å². The smallest absolute Gasteiger partial charge is 0.370 e. The van der Waals surface area contributed by atoms with Crippen LogP contribution in [0.25, 0.3) is 0 Å². The van der Waals surface area contributed by atoms with E-state index in [-0.39, 0.29) is 50.7 Å². The normalized spacial score (nSPS) is 16.8. The molecule has 0 saturated carbocycles. The molecule has 200 valence electrons. The van der Waals surface area contributed by atoms with Crippen molar-refractivity contribution < 1.29 is 32.3 Å². The molecule has 0 spiro atoms. The fraction of sp³-hybridized carbons (Fsp3) is 0.500. The third-order valence-corrected chi connectivity index (χ3v) is 5.44. The second kappa shape index (κ2) is 14.3. The van der Waals surface area contributed by atoms with Gasteiger partial charge in [0.15, 0.2) is 5.96 Å². The zero-order valence-electron chi connectivity index (χ0n) is 19.4. The van der Waals surface area contributed by atoms with Crippen LogP contribution in [0.1, 0.15) is 31.2 Å². The lowest BCUT2D eigenvalue weighted by Crippen LogP contribution is -2.56. The molecule has 36 heavy (non-hydrogen) atoms. The highest BCUT2D eigenvalue weighted by molar-refractivity contribution is 5.94. The molecule has 1 aliphatic heterocycles. The molecule has 6 N–H and O–H groups in total. The number of alkyl halides is 3. The maximum absolute atomic E-state index is 13.2. The largest absolute Gasteiger partial charge is 0.471 e. The van der Waals surface area contributed by atoms with E-state index >= 15 is 0 Å². The number of carbonyl (C=O) groups excluding carboxylic acids is 4. The van der Waals surface area contributed by atoms with Crippen molar-refractivity contribution in [1.29, 1.82) is 0 Å². The van der Waals surface area contributed by atoms with Crippen LogP contribution in [0, 0.1) is 0 Å². The summed E-state index contributed by atoms with van der Waals surface area (Å²) in [6.45, 7) is 0.386. The Bertz CT molecular complexity index is 928. The number of amides is 3. The predicted molar refractivity (Wildman–Crippen MR) is 128 cm³/mol. The van der Waals surface area contributed by atoms with Crippen LogP contribution in [0.4, 0.5) is 13.2 Å². The Hall–Kier alpha value is -3.35. The molecule has 0 unspecified atom stereocenters. The minimum absolute atomic E-state index is 0. The number of hydrogen-bond donors (Lipinski definition) is 4. The van der Waals surface area contributed by atoms with E-state index in [1.165, 1.54) is 0 Å². The van der Waals surface area contributed by atoms with Crippen molar-refractivity contribution in [2.45, 2.75) is 56.4 Å². The fourth-order valence-corrected chi connectivity index (χ4v) is 3.77. The highest BCUT2D eigenvalue weighted by Gasteiger charge is 2.43. The molecule has 1 aromatic carbocycles. The van der Waals surface area contributed by atoms with Gasteiger partial charge in [-0.1, -0.05) is 30.3 Å². The molecule has 1 saturated heterocycles. The Morgan fingerprint density at radius 3 is 2.42 bits per heavy atom. The molecule has 0 bridgehead atoms. The number of nitrogens with one attached hydrogen (secondary N) is 2. The van der Waals surface area contributed by atoms with Gasteiger partial charge in [0.25, 0.3) is 0 Å². The van der Waals surface area contributed by atoms with Crippen LogP contribution in [0.2, 0.25) is 0 Å². The number of aliphatic imine (C=N–C) groups is 1. The van der Waals surface area contributed by atoms with Gasteiger partial charge in [-0.05, 0) is 31.2 Å². The first kappa shape index (κ1) is 30.7. The van der Waals surface area contributed by atoms with Gasteiger partial charge in [0.05, 0.1) is 6.04 Å². The summed E-state index contributed by atoms with van der Waals surface area (Å²) in [4.78, 5) is 54.0. The van der Waals surface area contributed by atoms with Gasteiger partial charge in [-0.25, -0.2) is 0 Å². The van der Waals surface area contributed by atoms with Gasteiger partial charge in [-0.2, -0.15) is 13.2 Å². The number of rotatable bonds is 11. The molecule has 3 amide bonds. The summed E-state index contributed by atoms with van der Waals surface area (Å²) in [5.41, 5.74) is 11.0. The molecule has 10 nitrogen and oxygen atoms in total. The first-order chi connectivity index (χ1) is 16.5. The summed E-state index contributed by atoms with van der Waals surface area (Å²) >= 11 is 0. The second-order valence-corrected chi connectivity index (χ2v) is 8.10. The maximum atomic E-state index is 13.2. The van der Waals surface area contributed by atoms with E-state index in [1.807, 2.05) is 0 Å². The molecule has 3 atom stereocenters. The second-order valence-electron chi connectivity index (χ2n) is 8.10. The van der Waals surface area contributed by atoms with Crippen LogP contribution in [0.3, 0.4) is 0 Å². The summed E-state index contributed by atoms with van der Waals surface area (Å²) in [5.74, 6) is -3.75. The highest BCUT2D eigenvalue weighted by atomic mass is 35.5. The monoisotopic (exact) mass is 534 g/mol. The molecule has 1 aromatic rings. The van der Waals surface area contributed by atoms with Crippen LogP contribution in [0.5, 0.6) is 0 Å². The van der Waals surface area contributed by atoms with Gasteiger partial charge in [-0.3, -0.25) is 19.4 Å². The number of halogens is 4. The minimum Gasteiger partial charge on any atom is -0.370 e. The zero-order valence-corrected chi connectivity index (χ0v) is 20.2. The Kier molecular flexibility index (Phi) is 12.2. The Balaban J connectivity index is 0.00000648. The quantitative estimate of drug-likeness (QED) is 0.139. The van der Waals surface area contributed by atoms with E-state index in [0.717, 1.165) is 4.90 Å². The number of nitrogens with two attached hydrogens (primary N) is 2. The Morgan fingerprint density at radius 2 is 1.83 bits per heavy atom.